The Morgan fingerprint density at radius 3 is 2.61 bits per heavy atom. The molecule has 6 nitrogen and oxygen atoms in total. The molecule has 3 aromatic rings. The van der Waals surface area contributed by atoms with E-state index in [1.165, 1.54) is 12.1 Å². The number of ether oxygens (including phenoxy) is 2. The van der Waals surface area contributed by atoms with Gasteiger partial charge in [-0.1, -0.05) is 12.1 Å². The number of hydrogen-bond acceptors (Lipinski definition) is 4. The van der Waals surface area contributed by atoms with Gasteiger partial charge in [-0.25, -0.2) is 4.79 Å². The molecular formula is C22H20N2O4. The molecular weight excluding hydrogens is 356 g/mol. The van der Waals surface area contributed by atoms with Crippen LogP contribution in [0.4, 0.5) is 0 Å². The standard InChI is InChI=1S/C22H20N2O4/c1-2-27-10-11-28-20-5-3-4-17(12-20)21-15-24(14-18(21)13-23)19-8-6-16(7-9-19)22(25)26/h3-9,12,14-15H,2,10-11H2,1H3,(H,25,26). The molecule has 1 heterocycles. The van der Waals surface area contributed by atoms with Crippen LogP contribution in [-0.4, -0.2) is 35.5 Å². The van der Waals surface area contributed by atoms with Gasteiger partial charge >= 0.3 is 5.97 Å². The number of aromatic nitrogens is 1. The number of aromatic carboxylic acids is 1. The van der Waals surface area contributed by atoms with E-state index >= 15 is 0 Å². The molecule has 0 fully saturated rings. The van der Waals surface area contributed by atoms with Crippen LogP contribution in [0.5, 0.6) is 5.75 Å². The van der Waals surface area contributed by atoms with Crippen molar-refractivity contribution in [3.63, 3.8) is 0 Å². The Hall–Kier alpha value is -3.56. The first kappa shape index (κ1) is 19.2. The van der Waals surface area contributed by atoms with Gasteiger partial charge in [0.2, 0.25) is 0 Å². The summed E-state index contributed by atoms with van der Waals surface area (Å²) < 4.78 is 12.8. The third-order valence-electron chi connectivity index (χ3n) is 4.20. The van der Waals surface area contributed by atoms with Crippen LogP contribution in [0, 0.1) is 11.3 Å². The van der Waals surface area contributed by atoms with E-state index in [0.29, 0.717) is 31.1 Å². The molecule has 0 bridgehead atoms. The summed E-state index contributed by atoms with van der Waals surface area (Å²) in [5.74, 6) is -0.265. The minimum Gasteiger partial charge on any atom is -0.491 e. The Bertz CT molecular complexity index is 1000. The molecule has 1 N–H and O–H groups in total. The highest BCUT2D eigenvalue weighted by Crippen LogP contribution is 2.29. The lowest BCUT2D eigenvalue weighted by molar-refractivity contribution is 0.0697. The number of nitriles is 1. The summed E-state index contributed by atoms with van der Waals surface area (Å²) in [6.07, 6.45) is 3.58. The zero-order valence-electron chi connectivity index (χ0n) is 15.5. The zero-order chi connectivity index (χ0) is 19.9. The van der Waals surface area contributed by atoms with Gasteiger partial charge in [0, 0.05) is 30.3 Å². The first-order chi connectivity index (χ1) is 13.6. The fourth-order valence-electron chi connectivity index (χ4n) is 2.82. The molecule has 0 atom stereocenters. The Labute approximate surface area is 163 Å². The summed E-state index contributed by atoms with van der Waals surface area (Å²) in [7, 11) is 0. The van der Waals surface area contributed by atoms with Crippen molar-refractivity contribution >= 4 is 5.97 Å². The van der Waals surface area contributed by atoms with E-state index in [1.807, 2.05) is 42.0 Å². The van der Waals surface area contributed by atoms with Gasteiger partial charge in [0.25, 0.3) is 0 Å². The first-order valence-electron chi connectivity index (χ1n) is 8.89. The molecule has 0 aliphatic carbocycles. The van der Waals surface area contributed by atoms with Gasteiger partial charge in [-0.05, 0) is 48.9 Å². The van der Waals surface area contributed by atoms with E-state index in [1.54, 1.807) is 18.3 Å². The predicted octanol–water partition coefficient (Wildman–Crippen LogP) is 4.13. The summed E-state index contributed by atoms with van der Waals surface area (Å²) in [6.45, 7) is 3.56. The van der Waals surface area contributed by atoms with Crippen molar-refractivity contribution in [3.8, 4) is 28.6 Å². The Morgan fingerprint density at radius 1 is 1.14 bits per heavy atom. The minimum absolute atomic E-state index is 0.216. The highest BCUT2D eigenvalue weighted by Gasteiger charge is 2.11. The number of rotatable bonds is 8. The molecule has 2 aromatic carbocycles. The van der Waals surface area contributed by atoms with Crippen molar-refractivity contribution in [2.75, 3.05) is 19.8 Å². The lowest BCUT2D eigenvalue weighted by Gasteiger charge is -2.08. The number of carboxylic acid groups (broad SMARTS) is 1. The van der Waals surface area contributed by atoms with Crippen LogP contribution >= 0.6 is 0 Å². The lowest BCUT2D eigenvalue weighted by Crippen LogP contribution is -2.06. The molecule has 3 rings (SSSR count). The number of nitrogens with zero attached hydrogens (tertiary/aromatic N) is 2. The van der Waals surface area contributed by atoms with E-state index in [0.717, 1.165) is 16.8 Å². The molecule has 0 saturated heterocycles. The van der Waals surface area contributed by atoms with Crippen molar-refractivity contribution in [2.45, 2.75) is 6.92 Å². The van der Waals surface area contributed by atoms with E-state index in [-0.39, 0.29) is 5.56 Å². The van der Waals surface area contributed by atoms with Crippen molar-refractivity contribution in [1.29, 1.82) is 5.26 Å². The van der Waals surface area contributed by atoms with Gasteiger partial charge in [-0.15, -0.1) is 0 Å². The zero-order valence-corrected chi connectivity index (χ0v) is 15.5. The van der Waals surface area contributed by atoms with Crippen molar-refractivity contribution < 1.29 is 19.4 Å². The van der Waals surface area contributed by atoms with E-state index in [4.69, 9.17) is 14.6 Å². The van der Waals surface area contributed by atoms with Gasteiger partial charge in [0.15, 0.2) is 0 Å². The lowest BCUT2D eigenvalue weighted by atomic mass is 10.1. The molecule has 142 valence electrons. The topological polar surface area (TPSA) is 84.5 Å². The second kappa shape index (κ2) is 8.89. The molecule has 1 aromatic heterocycles. The molecule has 0 saturated carbocycles. The fraction of sp³-hybridized carbons (Fsp3) is 0.182. The third kappa shape index (κ3) is 4.40. The molecule has 28 heavy (non-hydrogen) atoms. The van der Waals surface area contributed by atoms with Gasteiger partial charge in [-0.3, -0.25) is 0 Å². The summed E-state index contributed by atoms with van der Waals surface area (Å²) in [5, 5.41) is 18.6. The van der Waals surface area contributed by atoms with Crippen LogP contribution in [0.2, 0.25) is 0 Å². The highest BCUT2D eigenvalue weighted by atomic mass is 16.5. The van der Waals surface area contributed by atoms with Crippen LogP contribution in [0.1, 0.15) is 22.8 Å². The van der Waals surface area contributed by atoms with Gasteiger partial charge in [0.05, 0.1) is 17.7 Å². The average Bonchev–Trinajstić information content (AvgIpc) is 3.16. The first-order valence-corrected chi connectivity index (χ1v) is 8.89. The quantitative estimate of drug-likeness (QED) is 0.598. The second-order valence-corrected chi connectivity index (χ2v) is 6.03. The van der Waals surface area contributed by atoms with E-state index < -0.39 is 5.97 Å². The largest absolute Gasteiger partial charge is 0.491 e. The summed E-state index contributed by atoms with van der Waals surface area (Å²) in [5.41, 5.74) is 3.16. The Kier molecular flexibility index (Phi) is 6.10. The van der Waals surface area contributed by atoms with Crippen molar-refractivity contribution in [3.05, 3.63) is 72.1 Å². The SMILES string of the molecule is CCOCCOc1cccc(-c2cn(-c3ccc(C(=O)O)cc3)cc2C#N)c1. The molecule has 0 unspecified atom stereocenters. The third-order valence-corrected chi connectivity index (χ3v) is 4.20. The molecule has 0 radical (unpaired) electrons. The van der Waals surface area contributed by atoms with Crippen molar-refractivity contribution in [2.24, 2.45) is 0 Å². The van der Waals surface area contributed by atoms with Gasteiger partial charge in [-0.2, -0.15) is 5.26 Å². The maximum Gasteiger partial charge on any atom is 0.335 e. The second-order valence-electron chi connectivity index (χ2n) is 6.03. The molecule has 0 aliphatic rings. The summed E-state index contributed by atoms with van der Waals surface area (Å²) in [4.78, 5) is 11.0. The maximum absolute atomic E-state index is 11.0. The smallest absolute Gasteiger partial charge is 0.335 e. The Balaban J connectivity index is 1.86. The van der Waals surface area contributed by atoms with Crippen LogP contribution in [-0.2, 0) is 4.74 Å². The average molecular weight is 376 g/mol. The Morgan fingerprint density at radius 2 is 1.93 bits per heavy atom. The molecule has 0 aliphatic heterocycles. The summed E-state index contributed by atoms with van der Waals surface area (Å²) in [6, 6.07) is 16.3. The monoisotopic (exact) mass is 376 g/mol. The number of hydrogen-bond donors (Lipinski definition) is 1. The van der Waals surface area contributed by atoms with E-state index in [2.05, 4.69) is 6.07 Å². The van der Waals surface area contributed by atoms with E-state index in [9.17, 15) is 10.1 Å². The summed E-state index contributed by atoms with van der Waals surface area (Å²) >= 11 is 0. The minimum atomic E-state index is -0.974. The predicted molar refractivity (Wildman–Crippen MR) is 105 cm³/mol. The van der Waals surface area contributed by atoms with Crippen LogP contribution < -0.4 is 4.74 Å². The van der Waals surface area contributed by atoms with Crippen molar-refractivity contribution in [1.82, 2.24) is 4.57 Å². The number of carbonyl (C=O) groups is 1. The molecule has 6 heteroatoms. The normalized spacial score (nSPS) is 10.4. The van der Waals surface area contributed by atoms with Gasteiger partial charge in [0.1, 0.15) is 18.4 Å². The maximum atomic E-state index is 11.0. The number of benzene rings is 2. The number of carboxylic acids is 1. The van der Waals surface area contributed by atoms with Crippen LogP contribution in [0.15, 0.2) is 60.9 Å². The molecule has 0 amide bonds. The van der Waals surface area contributed by atoms with Gasteiger partial charge < -0.3 is 19.1 Å². The van der Waals surface area contributed by atoms with Crippen LogP contribution in [0.25, 0.3) is 16.8 Å². The fourth-order valence-corrected chi connectivity index (χ4v) is 2.82. The highest BCUT2D eigenvalue weighted by molar-refractivity contribution is 5.87. The van der Waals surface area contributed by atoms with Crippen LogP contribution in [0.3, 0.4) is 0 Å². The molecule has 0 spiro atoms.